The average molecular weight is 295 g/mol. The lowest BCUT2D eigenvalue weighted by atomic mass is 10.2. The second-order valence-corrected chi connectivity index (χ2v) is 4.98. The monoisotopic (exact) mass is 295 g/mol. The van der Waals surface area contributed by atoms with E-state index in [2.05, 4.69) is 9.72 Å². The number of aryl methyl sites for hydroxylation is 1. The number of hydrogen-bond donors (Lipinski definition) is 0. The van der Waals surface area contributed by atoms with E-state index in [0.717, 1.165) is 0 Å². The second-order valence-electron chi connectivity index (χ2n) is 4.98. The molecule has 0 bridgehead atoms. The SMILES string of the molecule is COC(=O)C1CN(c2ncc(C)cc2[N+](=O)[O-])C[C@H](C)O1. The molecule has 8 nitrogen and oxygen atoms in total. The van der Waals surface area contributed by atoms with Gasteiger partial charge in [0.25, 0.3) is 0 Å². The molecule has 1 aliphatic rings. The molecule has 8 heteroatoms. The van der Waals surface area contributed by atoms with Crippen molar-refractivity contribution in [1.82, 2.24) is 4.98 Å². The highest BCUT2D eigenvalue weighted by Crippen LogP contribution is 2.29. The third kappa shape index (κ3) is 3.27. The van der Waals surface area contributed by atoms with Gasteiger partial charge >= 0.3 is 11.7 Å². The molecule has 1 unspecified atom stereocenters. The maximum Gasteiger partial charge on any atom is 0.336 e. The van der Waals surface area contributed by atoms with E-state index in [9.17, 15) is 14.9 Å². The minimum absolute atomic E-state index is 0.0762. The van der Waals surface area contributed by atoms with E-state index in [4.69, 9.17) is 4.74 Å². The van der Waals surface area contributed by atoms with Crippen LogP contribution in [0, 0.1) is 17.0 Å². The van der Waals surface area contributed by atoms with Crippen molar-refractivity contribution in [3.8, 4) is 0 Å². The van der Waals surface area contributed by atoms with Gasteiger partial charge in [-0.1, -0.05) is 0 Å². The smallest absolute Gasteiger partial charge is 0.336 e. The maximum absolute atomic E-state index is 11.6. The Morgan fingerprint density at radius 2 is 2.29 bits per heavy atom. The zero-order valence-corrected chi connectivity index (χ0v) is 12.1. The molecule has 0 saturated carbocycles. The molecule has 21 heavy (non-hydrogen) atoms. The van der Waals surface area contributed by atoms with Crippen LogP contribution in [-0.2, 0) is 14.3 Å². The Labute approximate surface area is 121 Å². The lowest BCUT2D eigenvalue weighted by Crippen LogP contribution is -2.50. The number of aromatic nitrogens is 1. The van der Waals surface area contributed by atoms with E-state index in [0.29, 0.717) is 12.1 Å². The number of morpholine rings is 1. The Hall–Kier alpha value is -2.22. The fourth-order valence-electron chi connectivity index (χ4n) is 2.31. The van der Waals surface area contributed by atoms with Crippen molar-refractivity contribution in [2.75, 3.05) is 25.1 Å². The van der Waals surface area contributed by atoms with Crippen LogP contribution < -0.4 is 4.90 Å². The van der Waals surface area contributed by atoms with Gasteiger partial charge in [-0.15, -0.1) is 0 Å². The maximum atomic E-state index is 11.6. The van der Waals surface area contributed by atoms with E-state index >= 15 is 0 Å². The molecule has 0 aliphatic carbocycles. The number of methoxy groups -OCH3 is 1. The normalized spacial score (nSPS) is 22.0. The van der Waals surface area contributed by atoms with Gasteiger partial charge in [-0.05, 0) is 19.4 Å². The Kier molecular flexibility index (Phi) is 4.37. The van der Waals surface area contributed by atoms with Crippen molar-refractivity contribution in [2.45, 2.75) is 26.1 Å². The number of esters is 1. The van der Waals surface area contributed by atoms with Gasteiger partial charge in [0.2, 0.25) is 5.82 Å². The van der Waals surface area contributed by atoms with E-state index in [1.54, 1.807) is 24.9 Å². The fourth-order valence-corrected chi connectivity index (χ4v) is 2.31. The third-order valence-corrected chi connectivity index (χ3v) is 3.20. The summed E-state index contributed by atoms with van der Waals surface area (Å²) in [7, 11) is 1.28. The number of carbonyl (C=O) groups excluding carboxylic acids is 1. The Morgan fingerprint density at radius 3 is 2.90 bits per heavy atom. The predicted octanol–water partition coefficient (Wildman–Crippen LogP) is 1.06. The second kappa shape index (κ2) is 6.04. The van der Waals surface area contributed by atoms with Gasteiger partial charge in [0.15, 0.2) is 6.10 Å². The molecule has 1 aromatic rings. The minimum Gasteiger partial charge on any atom is -0.467 e. The number of anilines is 1. The van der Waals surface area contributed by atoms with E-state index in [1.807, 2.05) is 0 Å². The van der Waals surface area contributed by atoms with E-state index in [1.165, 1.54) is 13.2 Å². The number of rotatable bonds is 3. The molecular weight excluding hydrogens is 278 g/mol. The van der Waals surface area contributed by atoms with Gasteiger partial charge in [-0.25, -0.2) is 9.78 Å². The summed E-state index contributed by atoms with van der Waals surface area (Å²) in [5.74, 6) is -0.254. The lowest BCUT2D eigenvalue weighted by Gasteiger charge is -2.35. The molecule has 0 radical (unpaired) electrons. The highest BCUT2D eigenvalue weighted by atomic mass is 16.6. The van der Waals surface area contributed by atoms with Crippen molar-refractivity contribution in [2.24, 2.45) is 0 Å². The lowest BCUT2D eigenvalue weighted by molar-refractivity contribution is -0.384. The summed E-state index contributed by atoms with van der Waals surface area (Å²) in [5.41, 5.74) is 0.629. The standard InChI is InChI=1S/C13H17N3O5/c1-8-4-10(16(18)19)12(14-5-8)15-6-9(2)21-11(7-15)13(17)20-3/h4-5,9,11H,6-7H2,1-3H3/t9-,11?/m0/s1. The summed E-state index contributed by atoms with van der Waals surface area (Å²) in [6.45, 7) is 4.13. The molecule has 114 valence electrons. The Balaban J connectivity index is 2.32. The van der Waals surface area contributed by atoms with Gasteiger partial charge in [-0.2, -0.15) is 0 Å². The molecule has 0 aromatic carbocycles. The van der Waals surface area contributed by atoms with Crippen molar-refractivity contribution in [1.29, 1.82) is 0 Å². The number of nitrogens with zero attached hydrogens (tertiary/aromatic N) is 3. The zero-order valence-electron chi connectivity index (χ0n) is 12.1. The van der Waals surface area contributed by atoms with Crippen LogP contribution in [0.5, 0.6) is 0 Å². The summed E-state index contributed by atoms with van der Waals surface area (Å²) in [5, 5.41) is 11.2. The number of nitro groups is 1. The summed E-state index contributed by atoms with van der Waals surface area (Å²) < 4.78 is 10.2. The highest BCUT2D eigenvalue weighted by molar-refractivity contribution is 5.76. The van der Waals surface area contributed by atoms with Gasteiger partial charge in [0, 0.05) is 18.8 Å². The topological polar surface area (TPSA) is 94.8 Å². The van der Waals surface area contributed by atoms with Gasteiger partial charge in [0.05, 0.1) is 24.7 Å². The number of carbonyl (C=O) groups is 1. The first-order chi connectivity index (χ1) is 9.92. The molecule has 0 N–H and O–H groups in total. The summed E-state index contributed by atoms with van der Waals surface area (Å²) >= 11 is 0. The summed E-state index contributed by atoms with van der Waals surface area (Å²) in [4.78, 5) is 28.2. The van der Waals surface area contributed by atoms with E-state index in [-0.39, 0.29) is 24.2 Å². The van der Waals surface area contributed by atoms with Crippen LogP contribution in [0.2, 0.25) is 0 Å². The van der Waals surface area contributed by atoms with Crippen LogP contribution in [0.3, 0.4) is 0 Å². The highest BCUT2D eigenvalue weighted by Gasteiger charge is 2.34. The van der Waals surface area contributed by atoms with Crippen LogP contribution in [0.1, 0.15) is 12.5 Å². The fraction of sp³-hybridized carbons (Fsp3) is 0.538. The van der Waals surface area contributed by atoms with Crippen LogP contribution in [-0.4, -0.2) is 48.3 Å². The van der Waals surface area contributed by atoms with E-state index < -0.39 is 17.0 Å². The quantitative estimate of drug-likeness (QED) is 0.467. The van der Waals surface area contributed by atoms with Crippen LogP contribution in [0.25, 0.3) is 0 Å². The van der Waals surface area contributed by atoms with Crippen LogP contribution in [0.15, 0.2) is 12.3 Å². The molecular formula is C13H17N3O5. The molecule has 2 heterocycles. The molecule has 0 amide bonds. The van der Waals surface area contributed by atoms with Crippen LogP contribution in [0.4, 0.5) is 11.5 Å². The summed E-state index contributed by atoms with van der Waals surface area (Å²) in [6, 6.07) is 1.47. The van der Waals surface area contributed by atoms with Gasteiger partial charge in [-0.3, -0.25) is 10.1 Å². The first-order valence-corrected chi connectivity index (χ1v) is 6.51. The molecule has 2 atom stereocenters. The molecule has 1 saturated heterocycles. The summed E-state index contributed by atoms with van der Waals surface area (Å²) in [6.07, 6.45) is 0.530. The van der Waals surface area contributed by atoms with Gasteiger partial charge < -0.3 is 14.4 Å². The first kappa shape index (κ1) is 15.2. The molecule has 1 fully saturated rings. The number of ether oxygens (including phenoxy) is 2. The minimum atomic E-state index is -0.776. The molecule has 1 aromatic heterocycles. The predicted molar refractivity (Wildman–Crippen MR) is 74.2 cm³/mol. The van der Waals surface area contributed by atoms with Crippen LogP contribution >= 0.6 is 0 Å². The molecule has 2 rings (SSSR count). The Morgan fingerprint density at radius 1 is 1.57 bits per heavy atom. The van der Waals surface area contributed by atoms with Crippen molar-refractivity contribution >= 4 is 17.5 Å². The zero-order chi connectivity index (χ0) is 15.6. The number of hydrogen-bond acceptors (Lipinski definition) is 7. The number of pyridine rings is 1. The molecule has 0 spiro atoms. The van der Waals surface area contributed by atoms with Crippen molar-refractivity contribution < 1.29 is 19.2 Å². The van der Waals surface area contributed by atoms with Crippen molar-refractivity contribution in [3.63, 3.8) is 0 Å². The van der Waals surface area contributed by atoms with Crippen molar-refractivity contribution in [3.05, 3.63) is 27.9 Å². The Bertz CT molecular complexity index is 563. The average Bonchev–Trinajstić information content (AvgIpc) is 2.45. The molecule has 1 aliphatic heterocycles. The first-order valence-electron chi connectivity index (χ1n) is 6.51. The largest absolute Gasteiger partial charge is 0.467 e. The third-order valence-electron chi connectivity index (χ3n) is 3.20. The van der Waals surface area contributed by atoms with Gasteiger partial charge in [0.1, 0.15) is 0 Å².